The Morgan fingerprint density at radius 2 is 1.68 bits per heavy atom. The van der Waals surface area contributed by atoms with Gasteiger partial charge in [0.2, 0.25) is 0 Å². The first-order valence-electron chi connectivity index (χ1n) is 6.93. The van der Waals surface area contributed by atoms with Gasteiger partial charge in [0.1, 0.15) is 6.04 Å². The number of hydrogen-bond donors (Lipinski definition) is 2. The number of ether oxygens (including phenoxy) is 1. The third-order valence-electron chi connectivity index (χ3n) is 3.11. The summed E-state index contributed by atoms with van der Waals surface area (Å²) in [5.74, 6) is -0.346. The molecule has 0 radical (unpaired) electrons. The van der Waals surface area contributed by atoms with Gasteiger partial charge in [0.15, 0.2) is 5.11 Å². The molecule has 0 bridgehead atoms. The van der Waals surface area contributed by atoms with Gasteiger partial charge in [-0.15, -0.1) is 0 Å². The van der Waals surface area contributed by atoms with Crippen LogP contribution in [0.1, 0.15) is 5.56 Å². The highest BCUT2D eigenvalue weighted by atomic mass is 32.1. The molecule has 0 aliphatic rings. The van der Waals surface area contributed by atoms with Crippen LogP contribution in [0.2, 0.25) is 0 Å². The molecule has 2 aromatic rings. The molecule has 2 aromatic carbocycles. The number of benzene rings is 2. The van der Waals surface area contributed by atoms with Crippen LogP contribution in [-0.4, -0.2) is 24.2 Å². The molecule has 1 atom stereocenters. The molecule has 0 heterocycles. The van der Waals surface area contributed by atoms with Crippen LogP contribution in [0.3, 0.4) is 0 Å². The Kier molecular flexibility index (Phi) is 5.91. The second-order valence-corrected chi connectivity index (χ2v) is 5.14. The van der Waals surface area contributed by atoms with Gasteiger partial charge in [0, 0.05) is 12.1 Å². The number of esters is 1. The van der Waals surface area contributed by atoms with Crippen molar-refractivity contribution in [3.63, 3.8) is 0 Å². The van der Waals surface area contributed by atoms with E-state index >= 15 is 0 Å². The maximum Gasteiger partial charge on any atom is 0.328 e. The average Bonchev–Trinajstić information content (AvgIpc) is 2.55. The van der Waals surface area contributed by atoms with Gasteiger partial charge in [-0.2, -0.15) is 0 Å². The Labute approximate surface area is 135 Å². The number of carbonyl (C=O) groups excluding carboxylic acids is 1. The summed E-state index contributed by atoms with van der Waals surface area (Å²) in [5.41, 5.74) is 1.90. The van der Waals surface area contributed by atoms with Gasteiger partial charge >= 0.3 is 5.97 Å². The van der Waals surface area contributed by atoms with Crippen LogP contribution in [0.5, 0.6) is 0 Å². The first-order valence-corrected chi connectivity index (χ1v) is 7.34. The molecule has 0 unspecified atom stereocenters. The standard InChI is InChI=1S/C17H18N2O2S/c1-21-16(20)15(12-13-8-4-2-5-9-13)19-17(22)18-14-10-6-3-7-11-14/h2-11,15H,12H2,1H3,(H2,18,19,22)/t15-/m1/s1. The monoisotopic (exact) mass is 314 g/mol. The Hall–Kier alpha value is -2.40. The Morgan fingerprint density at radius 3 is 2.27 bits per heavy atom. The number of methoxy groups -OCH3 is 1. The van der Waals surface area contributed by atoms with Crippen LogP contribution < -0.4 is 10.6 Å². The maximum absolute atomic E-state index is 11.9. The van der Waals surface area contributed by atoms with Crippen molar-refractivity contribution in [3.05, 3.63) is 66.2 Å². The molecule has 5 heteroatoms. The zero-order chi connectivity index (χ0) is 15.8. The highest BCUT2D eigenvalue weighted by Crippen LogP contribution is 2.07. The largest absolute Gasteiger partial charge is 0.467 e. The molecule has 114 valence electrons. The third-order valence-corrected chi connectivity index (χ3v) is 3.33. The summed E-state index contributed by atoms with van der Waals surface area (Å²) in [6.07, 6.45) is 0.504. The first-order chi connectivity index (χ1) is 10.7. The van der Waals surface area contributed by atoms with Crippen LogP contribution in [0.15, 0.2) is 60.7 Å². The molecule has 0 saturated carbocycles. The fourth-order valence-corrected chi connectivity index (χ4v) is 2.29. The predicted molar refractivity (Wildman–Crippen MR) is 91.7 cm³/mol. The van der Waals surface area contributed by atoms with Crippen molar-refractivity contribution in [2.24, 2.45) is 0 Å². The van der Waals surface area contributed by atoms with E-state index in [4.69, 9.17) is 17.0 Å². The quantitative estimate of drug-likeness (QED) is 0.656. The number of para-hydroxylation sites is 1. The van der Waals surface area contributed by atoms with Crippen molar-refractivity contribution in [1.82, 2.24) is 5.32 Å². The van der Waals surface area contributed by atoms with Gasteiger partial charge in [-0.05, 0) is 29.9 Å². The lowest BCUT2D eigenvalue weighted by atomic mass is 10.1. The van der Waals surface area contributed by atoms with Gasteiger partial charge in [0.05, 0.1) is 7.11 Å². The summed E-state index contributed by atoms with van der Waals surface area (Å²) < 4.78 is 4.85. The zero-order valence-electron chi connectivity index (χ0n) is 12.3. The van der Waals surface area contributed by atoms with Crippen LogP contribution >= 0.6 is 12.2 Å². The summed E-state index contributed by atoms with van der Waals surface area (Å²) in [6, 6.07) is 18.7. The fourth-order valence-electron chi connectivity index (χ4n) is 2.03. The molecule has 0 amide bonds. The Morgan fingerprint density at radius 1 is 1.09 bits per heavy atom. The van der Waals surface area contributed by atoms with Crippen molar-refractivity contribution < 1.29 is 9.53 Å². The summed E-state index contributed by atoms with van der Waals surface area (Å²) in [6.45, 7) is 0. The lowest BCUT2D eigenvalue weighted by molar-refractivity contribution is -0.142. The van der Waals surface area contributed by atoms with E-state index in [1.807, 2.05) is 60.7 Å². The lowest BCUT2D eigenvalue weighted by Crippen LogP contribution is -2.44. The minimum atomic E-state index is -0.531. The van der Waals surface area contributed by atoms with Crippen LogP contribution in [0.4, 0.5) is 5.69 Å². The Balaban J connectivity index is 2.00. The minimum absolute atomic E-state index is 0.346. The van der Waals surface area contributed by atoms with Crippen LogP contribution in [0.25, 0.3) is 0 Å². The van der Waals surface area contributed by atoms with E-state index in [2.05, 4.69) is 10.6 Å². The highest BCUT2D eigenvalue weighted by molar-refractivity contribution is 7.80. The number of thiocarbonyl (C=S) groups is 1. The number of carbonyl (C=O) groups is 1. The van der Waals surface area contributed by atoms with E-state index < -0.39 is 6.04 Å². The lowest BCUT2D eigenvalue weighted by Gasteiger charge is -2.19. The maximum atomic E-state index is 11.9. The van der Waals surface area contributed by atoms with Gasteiger partial charge in [-0.3, -0.25) is 0 Å². The number of rotatable bonds is 5. The number of nitrogens with one attached hydrogen (secondary N) is 2. The molecular formula is C17H18N2O2S. The smallest absolute Gasteiger partial charge is 0.328 e. The first kappa shape index (κ1) is 16.0. The topological polar surface area (TPSA) is 50.4 Å². The van der Waals surface area contributed by atoms with Crippen LogP contribution in [0, 0.1) is 0 Å². The van der Waals surface area contributed by atoms with Crippen molar-refractivity contribution in [3.8, 4) is 0 Å². The van der Waals surface area contributed by atoms with Gasteiger partial charge in [-0.25, -0.2) is 4.79 Å². The van der Waals surface area contributed by atoms with Crippen molar-refractivity contribution in [1.29, 1.82) is 0 Å². The number of anilines is 1. The average molecular weight is 314 g/mol. The van der Waals surface area contributed by atoms with E-state index in [-0.39, 0.29) is 5.97 Å². The van der Waals surface area contributed by atoms with Gasteiger partial charge < -0.3 is 15.4 Å². The molecule has 0 aromatic heterocycles. The molecular weight excluding hydrogens is 296 g/mol. The molecule has 0 aliphatic heterocycles. The van der Waals surface area contributed by atoms with E-state index in [1.54, 1.807) is 0 Å². The Bertz CT molecular complexity index is 617. The zero-order valence-corrected chi connectivity index (χ0v) is 13.1. The SMILES string of the molecule is COC(=O)[C@@H](Cc1ccccc1)NC(=S)Nc1ccccc1. The molecule has 0 aliphatic carbocycles. The summed E-state index contributed by atoms with van der Waals surface area (Å²) >= 11 is 5.27. The van der Waals surface area contributed by atoms with E-state index in [0.717, 1.165) is 11.3 Å². The second kappa shape index (κ2) is 8.14. The van der Waals surface area contributed by atoms with Gasteiger partial charge in [0.25, 0.3) is 0 Å². The summed E-state index contributed by atoms with van der Waals surface area (Å²) in [5, 5.41) is 6.45. The van der Waals surface area contributed by atoms with Crippen molar-refractivity contribution >= 4 is 29.0 Å². The summed E-state index contributed by atoms with van der Waals surface area (Å²) in [7, 11) is 1.37. The predicted octanol–water partition coefficient (Wildman–Crippen LogP) is 2.76. The van der Waals surface area contributed by atoms with Crippen LogP contribution in [-0.2, 0) is 16.0 Å². The second-order valence-electron chi connectivity index (χ2n) is 4.73. The molecule has 2 N–H and O–H groups in total. The minimum Gasteiger partial charge on any atom is -0.467 e. The van der Waals surface area contributed by atoms with E-state index in [1.165, 1.54) is 7.11 Å². The van der Waals surface area contributed by atoms with E-state index in [0.29, 0.717) is 11.5 Å². The van der Waals surface area contributed by atoms with Crippen molar-refractivity contribution in [2.45, 2.75) is 12.5 Å². The molecule has 0 spiro atoms. The summed E-state index contributed by atoms with van der Waals surface area (Å²) in [4.78, 5) is 11.9. The molecule has 0 fully saturated rings. The third kappa shape index (κ3) is 4.86. The fraction of sp³-hybridized carbons (Fsp3) is 0.176. The normalized spacial score (nSPS) is 11.3. The molecule has 2 rings (SSSR count). The van der Waals surface area contributed by atoms with Gasteiger partial charge in [-0.1, -0.05) is 48.5 Å². The van der Waals surface area contributed by atoms with E-state index in [9.17, 15) is 4.79 Å². The highest BCUT2D eigenvalue weighted by Gasteiger charge is 2.20. The molecule has 0 saturated heterocycles. The number of hydrogen-bond acceptors (Lipinski definition) is 3. The molecule has 22 heavy (non-hydrogen) atoms. The molecule has 4 nitrogen and oxygen atoms in total. The van der Waals surface area contributed by atoms with Crippen molar-refractivity contribution in [2.75, 3.05) is 12.4 Å².